The topological polar surface area (TPSA) is 130 Å². The van der Waals surface area contributed by atoms with Crippen LogP contribution in [0.5, 0.6) is 0 Å². The van der Waals surface area contributed by atoms with Gasteiger partial charge in [0.05, 0.1) is 12.4 Å². The van der Waals surface area contributed by atoms with Gasteiger partial charge < -0.3 is 5.32 Å². The number of thioether (sulfide) groups is 1. The lowest BCUT2D eigenvalue weighted by Crippen LogP contribution is -2.23. The molecule has 1 saturated carbocycles. The summed E-state index contributed by atoms with van der Waals surface area (Å²) < 4.78 is 4.78. The van der Waals surface area contributed by atoms with Crippen molar-refractivity contribution in [2.45, 2.75) is 17.9 Å². The van der Waals surface area contributed by atoms with Crippen LogP contribution in [0.2, 0.25) is 0 Å². The predicted molar refractivity (Wildman–Crippen MR) is 116 cm³/mol. The lowest BCUT2D eigenvalue weighted by molar-refractivity contribution is -0.117. The third-order valence-corrected chi connectivity index (χ3v) is 5.72. The Labute approximate surface area is 180 Å². The molecule has 0 aliphatic heterocycles. The van der Waals surface area contributed by atoms with Crippen LogP contribution >= 0.6 is 11.8 Å². The maximum atomic E-state index is 11.9. The molecule has 1 fully saturated rings. The SMILES string of the molecule is Cn1cc(-c2ccc(=N)n(C(=N)Sc3ccc4nc(NC(=O)C5CC5)cn4n3)c2)cn1. The standard InChI is InChI=1S/C20H19N9OS/c1-27-9-14(8-23-27)13-4-5-15(21)28(10-13)20(22)31-18-7-6-17-24-16(11-29(17)26-18)25-19(30)12-2-3-12/h4-12,21-22H,2-3H2,1H3,(H,25,30). The molecule has 5 rings (SSSR count). The Balaban J connectivity index is 1.37. The van der Waals surface area contributed by atoms with Gasteiger partial charge in [0, 0.05) is 36.5 Å². The highest BCUT2D eigenvalue weighted by Gasteiger charge is 2.30. The Morgan fingerprint density at radius 2 is 2.00 bits per heavy atom. The molecule has 1 amide bonds. The van der Waals surface area contributed by atoms with E-state index in [-0.39, 0.29) is 22.5 Å². The molecule has 4 aromatic rings. The number of amides is 1. The third kappa shape index (κ3) is 3.99. The minimum absolute atomic E-state index is 0.00680. The zero-order valence-corrected chi connectivity index (χ0v) is 17.4. The lowest BCUT2D eigenvalue weighted by Gasteiger charge is -2.09. The number of nitrogens with one attached hydrogen (secondary N) is 3. The van der Waals surface area contributed by atoms with Crippen molar-refractivity contribution in [3.8, 4) is 11.1 Å². The minimum atomic E-state index is -0.00680. The first kappa shape index (κ1) is 19.2. The monoisotopic (exact) mass is 433 g/mol. The van der Waals surface area contributed by atoms with E-state index in [2.05, 4.69) is 20.5 Å². The Morgan fingerprint density at radius 1 is 1.16 bits per heavy atom. The van der Waals surface area contributed by atoms with Crippen LogP contribution in [0, 0.1) is 16.7 Å². The minimum Gasteiger partial charge on any atom is -0.309 e. The molecule has 10 nitrogen and oxygen atoms in total. The summed E-state index contributed by atoms with van der Waals surface area (Å²) in [5.74, 6) is 0.559. The van der Waals surface area contributed by atoms with Crippen molar-refractivity contribution < 1.29 is 4.79 Å². The van der Waals surface area contributed by atoms with E-state index in [1.54, 1.807) is 46.0 Å². The molecule has 0 unspecified atom stereocenters. The first-order valence-corrected chi connectivity index (χ1v) is 10.5. The van der Waals surface area contributed by atoms with Crippen LogP contribution < -0.4 is 10.8 Å². The number of rotatable bonds is 4. The van der Waals surface area contributed by atoms with Gasteiger partial charge in [0.15, 0.2) is 16.6 Å². The van der Waals surface area contributed by atoms with Gasteiger partial charge in [-0.15, -0.1) is 0 Å². The van der Waals surface area contributed by atoms with Gasteiger partial charge in [-0.05, 0) is 48.9 Å². The zero-order valence-electron chi connectivity index (χ0n) is 16.6. The van der Waals surface area contributed by atoms with Gasteiger partial charge in [-0.1, -0.05) is 0 Å². The van der Waals surface area contributed by atoms with Crippen molar-refractivity contribution in [1.29, 1.82) is 10.8 Å². The maximum absolute atomic E-state index is 11.9. The van der Waals surface area contributed by atoms with Crippen molar-refractivity contribution in [3.05, 3.63) is 54.5 Å². The summed E-state index contributed by atoms with van der Waals surface area (Å²) >= 11 is 1.13. The molecule has 4 aromatic heterocycles. The van der Waals surface area contributed by atoms with Crippen LogP contribution in [0.1, 0.15) is 12.8 Å². The summed E-state index contributed by atoms with van der Waals surface area (Å²) in [7, 11) is 1.84. The number of aromatic nitrogens is 6. The molecule has 4 heterocycles. The highest BCUT2D eigenvalue weighted by molar-refractivity contribution is 8.13. The summed E-state index contributed by atoms with van der Waals surface area (Å²) in [6.45, 7) is 0. The van der Waals surface area contributed by atoms with Crippen LogP contribution in [0.25, 0.3) is 16.8 Å². The fourth-order valence-corrected chi connectivity index (χ4v) is 3.82. The van der Waals surface area contributed by atoms with E-state index < -0.39 is 0 Å². The van der Waals surface area contributed by atoms with Crippen molar-refractivity contribution in [2.75, 3.05) is 5.32 Å². The maximum Gasteiger partial charge on any atom is 0.228 e. The van der Waals surface area contributed by atoms with Crippen molar-refractivity contribution in [2.24, 2.45) is 13.0 Å². The van der Waals surface area contributed by atoms with E-state index >= 15 is 0 Å². The molecule has 156 valence electrons. The van der Waals surface area contributed by atoms with Gasteiger partial charge in [0.2, 0.25) is 5.91 Å². The zero-order chi connectivity index (χ0) is 21.5. The molecule has 0 spiro atoms. The first-order valence-electron chi connectivity index (χ1n) is 9.67. The number of pyridine rings is 1. The number of imidazole rings is 1. The van der Waals surface area contributed by atoms with Crippen LogP contribution in [0.4, 0.5) is 5.82 Å². The van der Waals surface area contributed by atoms with Gasteiger partial charge in [0.25, 0.3) is 0 Å². The summed E-state index contributed by atoms with van der Waals surface area (Å²) in [5.41, 5.74) is 2.57. The van der Waals surface area contributed by atoms with E-state index in [0.717, 1.165) is 35.7 Å². The second-order valence-electron chi connectivity index (χ2n) is 7.35. The fraction of sp³-hybridized carbons (Fsp3) is 0.200. The average molecular weight is 434 g/mol. The number of fused-ring (bicyclic) bond motifs is 1. The highest BCUT2D eigenvalue weighted by Crippen LogP contribution is 2.30. The fourth-order valence-electron chi connectivity index (χ4n) is 3.11. The number of aryl methyl sites for hydroxylation is 1. The number of nitrogens with zero attached hydrogens (tertiary/aromatic N) is 6. The van der Waals surface area contributed by atoms with Gasteiger partial charge in [0.1, 0.15) is 10.5 Å². The summed E-state index contributed by atoms with van der Waals surface area (Å²) in [6.07, 6.45) is 8.89. The average Bonchev–Trinajstić information content (AvgIpc) is 3.39. The number of carbonyl (C=O) groups is 1. The molecule has 0 radical (unpaired) electrons. The molecule has 3 N–H and O–H groups in total. The van der Waals surface area contributed by atoms with Crippen LogP contribution in [-0.4, -0.2) is 40.0 Å². The number of hydrogen-bond donors (Lipinski definition) is 3. The molecule has 1 aliphatic rings. The van der Waals surface area contributed by atoms with Gasteiger partial charge in [-0.3, -0.25) is 24.9 Å². The number of anilines is 1. The van der Waals surface area contributed by atoms with Crippen molar-refractivity contribution in [1.82, 2.24) is 28.9 Å². The normalized spacial score (nSPS) is 13.5. The van der Waals surface area contributed by atoms with Gasteiger partial charge >= 0.3 is 0 Å². The summed E-state index contributed by atoms with van der Waals surface area (Å²) in [5, 5.41) is 28.9. The molecule has 11 heteroatoms. The summed E-state index contributed by atoms with van der Waals surface area (Å²) in [4.78, 5) is 16.3. The quantitative estimate of drug-likeness (QED) is 0.258. The molecule has 0 aromatic carbocycles. The Bertz CT molecular complexity index is 1380. The van der Waals surface area contributed by atoms with Crippen LogP contribution in [-0.2, 0) is 11.8 Å². The number of hydrogen-bond acceptors (Lipinski definition) is 7. The largest absolute Gasteiger partial charge is 0.309 e. The lowest BCUT2D eigenvalue weighted by atomic mass is 10.2. The van der Waals surface area contributed by atoms with Crippen LogP contribution in [0.3, 0.4) is 0 Å². The Morgan fingerprint density at radius 3 is 2.74 bits per heavy atom. The van der Waals surface area contributed by atoms with E-state index in [1.165, 1.54) is 4.57 Å². The second kappa shape index (κ2) is 7.51. The molecular weight excluding hydrogens is 414 g/mol. The van der Waals surface area contributed by atoms with Crippen molar-refractivity contribution >= 4 is 34.3 Å². The van der Waals surface area contributed by atoms with E-state index in [1.807, 2.05) is 19.3 Å². The Hall–Kier alpha value is -3.73. The van der Waals surface area contributed by atoms with E-state index in [4.69, 9.17) is 10.8 Å². The second-order valence-corrected chi connectivity index (χ2v) is 8.36. The van der Waals surface area contributed by atoms with Crippen molar-refractivity contribution in [3.63, 3.8) is 0 Å². The van der Waals surface area contributed by atoms with Crippen LogP contribution in [0.15, 0.2) is 54.1 Å². The van der Waals surface area contributed by atoms with E-state index in [9.17, 15) is 4.79 Å². The smallest absolute Gasteiger partial charge is 0.228 e. The molecule has 0 saturated heterocycles. The highest BCUT2D eigenvalue weighted by atomic mass is 32.2. The van der Waals surface area contributed by atoms with Gasteiger partial charge in [-0.2, -0.15) is 10.2 Å². The predicted octanol–water partition coefficient (Wildman–Crippen LogP) is 2.33. The molecular formula is C20H19N9OS. The number of carbonyl (C=O) groups excluding carboxylic acids is 1. The molecule has 0 atom stereocenters. The molecule has 1 aliphatic carbocycles. The first-order chi connectivity index (χ1) is 15.0. The summed E-state index contributed by atoms with van der Waals surface area (Å²) in [6, 6.07) is 7.04. The van der Waals surface area contributed by atoms with E-state index in [0.29, 0.717) is 16.5 Å². The molecule has 0 bridgehead atoms. The van der Waals surface area contributed by atoms with Gasteiger partial charge in [-0.25, -0.2) is 9.50 Å². The Kier molecular flexibility index (Phi) is 4.66. The molecule has 31 heavy (non-hydrogen) atoms. The third-order valence-electron chi connectivity index (χ3n) is 4.90.